The van der Waals surface area contributed by atoms with Crippen LogP contribution in [0.15, 0.2) is 0 Å². The third-order valence-corrected chi connectivity index (χ3v) is 20.0. The summed E-state index contributed by atoms with van der Waals surface area (Å²) in [6.07, 6.45) is 55.7. The minimum absolute atomic E-state index is 0.105. The van der Waals surface area contributed by atoms with Crippen LogP contribution in [-0.4, -0.2) is 96.7 Å². The Hall–Kier alpha value is -1.94. The largest absolute Gasteiger partial charge is 0.472 e. The third kappa shape index (κ3) is 72.2. The second kappa shape index (κ2) is 68.5. The minimum atomic E-state index is -4.96. The topological polar surface area (TPSA) is 237 Å². The number of aliphatic hydroxyl groups excluding tert-OH is 1. The van der Waals surface area contributed by atoms with Gasteiger partial charge in [0, 0.05) is 25.7 Å². The molecular weight excluding hydrogens is 1270 g/mol. The van der Waals surface area contributed by atoms with Gasteiger partial charge in [0.2, 0.25) is 0 Å². The fourth-order valence-corrected chi connectivity index (χ4v) is 13.5. The lowest BCUT2D eigenvalue weighted by Crippen LogP contribution is -2.30. The monoisotopic (exact) mass is 1420 g/mol. The van der Waals surface area contributed by atoms with E-state index in [9.17, 15) is 43.2 Å². The van der Waals surface area contributed by atoms with Crippen LogP contribution in [0.2, 0.25) is 0 Å². The summed E-state index contributed by atoms with van der Waals surface area (Å²) in [5.41, 5.74) is 0. The molecule has 0 radical (unpaired) electrons. The molecule has 0 aliphatic carbocycles. The first-order valence-electron chi connectivity index (χ1n) is 40.3. The summed E-state index contributed by atoms with van der Waals surface area (Å²) in [6, 6.07) is 0. The molecule has 0 spiro atoms. The average molecular weight is 1420 g/mol. The zero-order valence-electron chi connectivity index (χ0n) is 63.5. The van der Waals surface area contributed by atoms with Crippen LogP contribution in [0.3, 0.4) is 0 Å². The minimum Gasteiger partial charge on any atom is -0.462 e. The molecule has 0 aliphatic rings. The molecule has 0 amide bonds. The van der Waals surface area contributed by atoms with E-state index < -0.39 is 97.5 Å². The number of unbranched alkanes of at least 4 members (excludes halogenated alkanes) is 44. The zero-order valence-corrected chi connectivity index (χ0v) is 65.3. The van der Waals surface area contributed by atoms with Crippen molar-refractivity contribution in [2.45, 2.75) is 420 Å². The Kier molecular flexibility index (Phi) is 67.1. The van der Waals surface area contributed by atoms with Crippen LogP contribution < -0.4 is 0 Å². The van der Waals surface area contributed by atoms with E-state index in [1.54, 1.807) is 0 Å². The van der Waals surface area contributed by atoms with Crippen molar-refractivity contribution in [1.29, 1.82) is 0 Å². The fraction of sp³-hybridized carbons (Fsp3) is 0.949. The molecule has 0 rings (SSSR count). The molecule has 0 saturated carbocycles. The molecule has 0 aromatic heterocycles. The van der Waals surface area contributed by atoms with Gasteiger partial charge in [0.1, 0.15) is 19.3 Å². The van der Waals surface area contributed by atoms with Gasteiger partial charge in [-0.2, -0.15) is 0 Å². The standard InChI is InChI=1S/C78H152O17P2/c1-8-9-10-11-12-13-32-38-47-54-61-77(82)95-74(66-89-76(81)60-53-46-41-40-44-51-58-71(6)7)68-93-97(86,87)91-64-72(79)63-90-96(84,85)92-67-73(94-78(83)62-55-48-39-34-29-25-21-17-15-19-23-27-31-36-43-50-57-70(4)5)65-88-75(80)59-52-45-37-33-28-24-20-16-14-18-22-26-30-35-42-49-56-69(2)3/h69-74,79H,8-68H2,1-7H3,(H,84,85)(H,86,87)/t72-,73-,74-/m1/s1. The van der Waals surface area contributed by atoms with Gasteiger partial charge in [-0.25, -0.2) is 9.13 Å². The molecule has 0 aromatic carbocycles. The highest BCUT2D eigenvalue weighted by molar-refractivity contribution is 7.47. The van der Waals surface area contributed by atoms with E-state index in [1.807, 2.05) is 0 Å². The Morgan fingerprint density at radius 3 is 0.701 bits per heavy atom. The predicted octanol–water partition coefficient (Wildman–Crippen LogP) is 23.0. The van der Waals surface area contributed by atoms with Gasteiger partial charge in [0.15, 0.2) is 12.2 Å². The molecule has 0 bridgehead atoms. The first kappa shape index (κ1) is 95.1. The second-order valence-corrected chi connectivity index (χ2v) is 32.4. The number of phosphoric ester groups is 2. The molecular formula is C78H152O17P2. The summed E-state index contributed by atoms with van der Waals surface area (Å²) in [6.45, 7) is 11.9. The summed E-state index contributed by atoms with van der Waals surface area (Å²) in [5.74, 6) is 0.184. The highest BCUT2D eigenvalue weighted by Gasteiger charge is 2.30. The van der Waals surface area contributed by atoms with Crippen molar-refractivity contribution in [3.8, 4) is 0 Å². The Morgan fingerprint density at radius 1 is 0.278 bits per heavy atom. The summed E-state index contributed by atoms with van der Waals surface area (Å²) < 4.78 is 68.5. The van der Waals surface area contributed by atoms with Crippen LogP contribution in [0.25, 0.3) is 0 Å². The number of ether oxygens (including phenoxy) is 4. The van der Waals surface area contributed by atoms with Crippen LogP contribution in [0.4, 0.5) is 0 Å². The summed E-state index contributed by atoms with van der Waals surface area (Å²) in [5, 5.41) is 10.6. The quantitative estimate of drug-likeness (QED) is 0.0222. The number of aliphatic hydroxyl groups is 1. The molecule has 17 nitrogen and oxygen atoms in total. The van der Waals surface area contributed by atoms with Crippen LogP contribution in [0.5, 0.6) is 0 Å². The van der Waals surface area contributed by atoms with E-state index in [-0.39, 0.29) is 25.7 Å². The van der Waals surface area contributed by atoms with Crippen LogP contribution in [-0.2, 0) is 65.4 Å². The van der Waals surface area contributed by atoms with Crippen molar-refractivity contribution in [1.82, 2.24) is 0 Å². The number of carbonyl (C=O) groups excluding carboxylic acids is 4. The van der Waals surface area contributed by atoms with E-state index in [0.29, 0.717) is 31.6 Å². The van der Waals surface area contributed by atoms with Crippen molar-refractivity contribution >= 4 is 39.5 Å². The van der Waals surface area contributed by atoms with Gasteiger partial charge in [-0.15, -0.1) is 0 Å². The second-order valence-electron chi connectivity index (χ2n) is 29.5. The molecule has 0 aromatic rings. The number of carbonyl (C=O) groups is 4. The van der Waals surface area contributed by atoms with Gasteiger partial charge in [-0.3, -0.25) is 37.3 Å². The molecule has 0 aliphatic heterocycles. The maximum Gasteiger partial charge on any atom is 0.472 e. The van der Waals surface area contributed by atoms with Crippen molar-refractivity contribution in [2.75, 3.05) is 39.6 Å². The van der Waals surface area contributed by atoms with E-state index >= 15 is 0 Å². The van der Waals surface area contributed by atoms with Gasteiger partial charge in [0.25, 0.3) is 0 Å². The van der Waals surface area contributed by atoms with Gasteiger partial charge in [-0.1, -0.05) is 350 Å². The van der Waals surface area contributed by atoms with E-state index in [4.69, 9.17) is 37.0 Å². The van der Waals surface area contributed by atoms with Crippen molar-refractivity contribution < 1.29 is 80.2 Å². The van der Waals surface area contributed by atoms with Gasteiger partial charge in [0.05, 0.1) is 26.4 Å². The van der Waals surface area contributed by atoms with Crippen LogP contribution in [0, 0.1) is 17.8 Å². The van der Waals surface area contributed by atoms with Gasteiger partial charge < -0.3 is 33.8 Å². The van der Waals surface area contributed by atoms with Gasteiger partial charge in [-0.05, 0) is 43.4 Å². The van der Waals surface area contributed by atoms with E-state index in [2.05, 4.69) is 48.5 Å². The predicted molar refractivity (Wildman–Crippen MR) is 395 cm³/mol. The first-order chi connectivity index (χ1) is 46.7. The summed E-state index contributed by atoms with van der Waals surface area (Å²) >= 11 is 0. The lowest BCUT2D eigenvalue weighted by Gasteiger charge is -2.21. The van der Waals surface area contributed by atoms with Crippen molar-refractivity contribution in [2.24, 2.45) is 17.8 Å². The zero-order chi connectivity index (χ0) is 71.6. The lowest BCUT2D eigenvalue weighted by molar-refractivity contribution is -0.161. The Bertz CT molecular complexity index is 1890. The fourth-order valence-electron chi connectivity index (χ4n) is 12.0. The van der Waals surface area contributed by atoms with Crippen molar-refractivity contribution in [3.63, 3.8) is 0 Å². The first-order valence-corrected chi connectivity index (χ1v) is 43.3. The van der Waals surface area contributed by atoms with Crippen molar-refractivity contribution in [3.05, 3.63) is 0 Å². The number of hydrogen-bond donors (Lipinski definition) is 3. The lowest BCUT2D eigenvalue weighted by atomic mass is 10.0. The molecule has 0 fully saturated rings. The Labute approximate surface area is 594 Å². The summed E-state index contributed by atoms with van der Waals surface area (Å²) in [4.78, 5) is 72.8. The van der Waals surface area contributed by atoms with Gasteiger partial charge >= 0.3 is 39.5 Å². The molecule has 19 heteroatoms. The highest BCUT2D eigenvalue weighted by Crippen LogP contribution is 2.45. The smallest absolute Gasteiger partial charge is 0.462 e. The number of hydrogen-bond acceptors (Lipinski definition) is 15. The Morgan fingerprint density at radius 2 is 0.474 bits per heavy atom. The summed E-state index contributed by atoms with van der Waals surface area (Å²) in [7, 11) is -9.91. The number of phosphoric acid groups is 2. The maximum atomic E-state index is 13.1. The third-order valence-electron chi connectivity index (χ3n) is 18.1. The maximum absolute atomic E-state index is 13.1. The average Bonchev–Trinajstić information content (AvgIpc) is 1.36. The van der Waals surface area contributed by atoms with Crippen LogP contribution >= 0.6 is 15.6 Å². The highest BCUT2D eigenvalue weighted by atomic mass is 31.2. The number of esters is 4. The molecule has 97 heavy (non-hydrogen) atoms. The Balaban J connectivity index is 5.19. The molecule has 576 valence electrons. The number of rotatable bonds is 76. The normalized spacial score (nSPS) is 14.0. The molecule has 5 atom stereocenters. The molecule has 3 N–H and O–H groups in total. The van der Waals surface area contributed by atoms with Crippen LogP contribution in [0.1, 0.15) is 402 Å². The SMILES string of the molecule is CCCCCCCCCCCCC(=O)O[C@H](COC(=O)CCCCCCCCC(C)C)COP(=O)(O)OC[C@H](O)COP(=O)(O)OC[C@@H](COC(=O)CCCCCCCCCCCCCCCCCCC(C)C)OC(=O)CCCCCCCCCCCCCCCCCCC(C)C. The molecule has 0 heterocycles. The molecule has 2 unspecified atom stereocenters. The van der Waals surface area contributed by atoms with E-state index in [1.165, 1.54) is 205 Å². The van der Waals surface area contributed by atoms with E-state index in [0.717, 1.165) is 108 Å². The molecule has 0 saturated heterocycles.